The second-order valence-electron chi connectivity index (χ2n) is 6.03. The van der Waals surface area contributed by atoms with Crippen LogP contribution in [0.4, 0.5) is 0 Å². The Morgan fingerprint density at radius 2 is 2.00 bits per heavy atom. The maximum absolute atomic E-state index is 12.8. The maximum atomic E-state index is 12.8. The number of rotatable bonds is 1. The van der Waals surface area contributed by atoms with Crippen molar-refractivity contribution in [3.8, 4) is 0 Å². The van der Waals surface area contributed by atoms with Crippen molar-refractivity contribution >= 4 is 21.8 Å². The van der Waals surface area contributed by atoms with Crippen molar-refractivity contribution in [2.75, 3.05) is 20.1 Å². The highest BCUT2D eigenvalue weighted by Crippen LogP contribution is 2.30. The zero-order valence-corrected chi connectivity index (χ0v) is 13.7. The summed E-state index contributed by atoms with van der Waals surface area (Å²) in [5, 5.41) is 0. The van der Waals surface area contributed by atoms with Crippen LogP contribution in [0.1, 0.15) is 35.2 Å². The van der Waals surface area contributed by atoms with Gasteiger partial charge in [-0.15, -0.1) is 0 Å². The van der Waals surface area contributed by atoms with E-state index in [1.54, 1.807) is 0 Å². The van der Waals surface area contributed by atoms with Gasteiger partial charge in [0.25, 0.3) is 5.91 Å². The first kappa shape index (κ1) is 14.1. The second kappa shape index (κ2) is 5.49. The molecule has 3 nitrogen and oxygen atoms in total. The lowest BCUT2D eigenvalue weighted by molar-refractivity contribution is 0.0739. The summed E-state index contributed by atoms with van der Waals surface area (Å²) in [6.45, 7) is 3.77. The lowest BCUT2D eigenvalue weighted by atomic mass is 10.1. The van der Waals surface area contributed by atoms with E-state index < -0.39 is 0 Å². The van der Waals surface area contributed by atoms with Crippen molar-refractivity contribution in [3.05, 3.63) is 33.8 Å². The smallest absolute Gasteiger partial charge is 0.255 e. The SMILES string of the molecule is Cc1cccc(C(=O)N2CCC3CCC(C2)N3C)c1Br. The molecular formula is C16H21BrN2O. The zero-order valence-electron chi connectivity index (χ0n) is 12.1. The molecule has 2 atom stereocenters. The van der Waals surface area contributed by atoms with Crippen LogP contribution in [0.3, 0.4) is 0 Å². The average molecular weight is 337 g/mol. The van der Waals surface area contributed by atoms with Crippen LogP contribution in [0.5, 0.6) is 0 Å². The van der Waals surface area contributed by atoms with E-state index in [0.717, 1.165) is 35.1 Å². The number of hydrogen-bond donors (Lipinski definition) is 0. The number of hydrogen-bond acceptors (Lipinski definition) is 2. The summed E-state index contributed by atoms with van der Waals surface area (Å²) in [6.07, 6.45) is 3.61. The van der Waals surface area contributed by atoms with Crippen LogP contribution >= 0.6 is 15.9 Å². The van der Waals surface area contributed by atoms with Gasteiger partial charge in [-0.3, -0.25) is 9.69 Å². The summed E-state index contributed by atoms with van der Waals surface area (Å²) in [4.78, 5) is 17.3. The van der Waals surface area contributed by atoms with Crippen LogP contribution < -0.4 is 0 Å². The minimum absolute atomic E-state index is 0.168. The van der Waals surface area contributed by atoms with E-state index in [-0.39, 0.29) is 5.91 Å². The molecule has 2 bridgehead atoms. The van der Waals surface area contributed by atoms with Crippen molar-refractivity contribution in [2.45, 2.75) is 38.3 Å². The molecule has 0 N–H and O–H groups in total. The van der Waals surface area contributed by atoms with Crippen molar-refractivity contribution < 1.29 is 4.79 Å². The van der Waals surface area contributed by atoms with E-state index in [0.29, 0.717) is 12.1 Å². The fraction of sp³-hybridized carbons (Fsp3) is 0.562. The highest BCUT2D eigenvalue weighted by molar-refractivity contribution is 9.10. The Labute approximate surface area is 129 Å². The predicted molar refractivity (Wildman–Crippen MR) is 84.0 cm³/mol. The van der Waals surface area contributed by atoms with Gasteiger partial charge in [-0.1, -0.05) is 12.1 Å². The Balaban J connectivity index is 1.82. The molecule has 2 saturated heterocycles. The molecule has 3 rings (SSSR count). The van der Waals surface area contributed by atoms with Gasteiger partial charge in [-0.2, -0.15) is 0 Å². The molecule has 0 spiro atoms. The fourth-order valence-electron chi connectivity index (χ4n) is 3.48. The van der Waals surface area contributed by atoms with Crippen molar-refractivity contribution in [1.29, 1.82) is 0 Å². The number of benzene rings is 1. The molecule has 2 fully saturated rings. The highest BCUT2D eigenvalue weighted by atomic mass is 79.9. The number of amides is 1. The van der Waals surface area contributed by atoms with Crippen molar-refractivity contribution in [1.82, 2.24) is 9.80 Å². The summed E-state index contributed by atoms with van der Waals surface area (Å²) >= 11 is 3.56. The van der Waals surface area contributed by atoms with Crippen LogP contribution in [0.2, 0.25) is 0 Å². The summed E-state index contributed by atoms with van der Waals surface area (Å²) < 4.78 is 0.938. The van der Waals surface area contributed by atoms with E-state index in [2.05, 4.69) is 27.9 Å². The monoisotopic (exact) mass is 336 g/mol. The topological polar surface area (TPSA) is 23.6 Å². The number of fused-ring (bicyclic) bond motifs is 2. The van der Waals surface area contributed by atoms with Crippen LogP contribution in [0, 0.1) is 6.92 Å². The van der Waals surface area contributed by atoms with Crippen LogP contribution in [-0.2, 0) is 0 Å². The van der Waals surface area contributed by atoms with Gasteiger partial charge >= 0.3 is 0 Å². The molecular weight excluding hydrogens is 316 g/mol. The number of likely N-dealkylation sites (N-methyl/N-ethyl adjacent to an activating group) is 1. The number of likely N-dealkylation sites (tertiary alicyclic amines) is 1. The first-order valence-electron chi connectivity index (χ1n) is 7.34. The number of nitrogens with zero attached hydrogens (tertiary/aromatic N) is 2. The Morgan fingerprint density at radius 1 is 1.25 bits per heavy atom. The fourth-order valence-corrected chi connectivity index (χ4v) is 3.91. The van der Waals surface area contributed by atoms with E-state index in [1.165, 1.54) is 12.8 Å². The van der Waals surface area contributed by atoms with Crippen LogP contribution in [-0.4, -0.2) is 47.9 Å². The average Bonchev–Trinajstić information content (AvgIpc) is 2.66. The molecule has 2 aliphatic rings. The molecule has 1 aromatic rings. The first-order valence-corrected chi connectivity index (χ1v) is 8.13. The molecule has 108 valence electrons. The highest BCUT2D eigenvalue weighted by Gasteiger charge is 2.36. The molecule has 4 heteroatoms. The largest absolute Gasteiger partial charge is 0.337 e. The predicted octanol–water partition coefficient (Wildman–Crippen LogP) is 3.07. The van der Waals surface area contributed by atoms with Crippen molar-refractivity contribution in [2.24, 2.45) is 0 Å². The molecule has 0 saturated carbocycles. The third-order valence-corrected chi connectivity index (χ3v) is 5.91. The molecule has 20 heavy (non-hydrogen) atoms. The van der Waals surface area contributed by atoms with Gasteiger partial charge in [0.1, 0.15) is 0 Å². The molecule has 0 aliphatic carbocycles. The zero-order chi connectivity index (χ0) is 14.3. The molecule has 0 aromatic heterocycles. The number of halogens is 1. The maximum Gasteiger partial charge on any atom is 0.255 e. The number of aryl methyl sites for hydroxylation is 1. The quantitative estimate of drug-likeness (QED) is 0.786. The lowest BCUT2D eigenvalue weighted by Crippen LogP contribution is -2.39. The van der Waals surface area contributed by atoms with Gasteiger partial charge in [0.2, 0.25) is 0 Å². The Morgan fingerprint density at radius 3 is 2.80 bits per heavy atom. The molecule has 2 aliphatic heterocycles. The first-order chi connectivity index (χ1) is 9.58. The van der Waals surface area contributed by atoms with Gasteiger partial charge in [0.15, 0.2) is 0 Å². The van der Waals surface area contributed by atoms with E-state index in [1.807, 2.05) is 30.0 Å². The molecule has 2 heterocycles. The van der Waals surface area contributed by atoms with E-state index in [4.69, 9.17) is 0 Å². The number of carbonyl (C=O) groups is 1. The van der Waals surface area contributed by atoms with Gasteiger partial charge in [0, 0.05) is 29.6 Å². The van der Waals surface area contributed by atoms with Crippen LogP contribution in [0.25, 0.3) is 0 Å². The standard InChI is InChI=1S/C16H21BrN2O/c1-11-4-3-5-14(15(11)17)16(20)19-9-8-12-6-7-13(10-19)18(12)2/h3-5,12-13H,6-10H2,1-2H3. The molecule has 2 unspecified atom stereocenters. The molecule has 1 aromatic carbocycles. The normalized spacial score (nSPS) is 26.6. The Kier molecular flexibility index (Phi) is 3.87. The van der Waals surface area contributed by atoms with Gasteiger partial charge in [-0.25, -0.2) is 0 Å². The molecule has 1 amide bonds. The minimum atomic E-state index is 0.168. The second-order valence-corrected chi connectivity index (χ2v) is 6.82. The Bertz CT molecular complexity index is 531. The molecule has 0 radical (unpaired) electrons. The van der Waals surface area contributed by atoms with E-state index >= 15 is 0 Å². The van der Waals surface area contributed by atoms with Gasteiger partial charge in [0.05, 0.1) is 5.56 Å². The summed E-state index contributed by atoms with van der Waals surface area (Å²) in [5.41, 5.74) is 1.91. The Hall–Kier alpha value is -0.870. The van der Waals surface area contributed by atoms with Crippen LogP contribution in [0.15, 0.2) is 22.7 Å². The van der Waals surface area contributed by atoms with Crippen molar-refractivity contribution in [3.63, 3.8) is 0 Å². The third-order valence-electron chi connectivity index (χ3n) is 4.86. The summed E-state index contributed by atoms with van der Waals surface area (Å²) in [5.74, 6) is 0.168. The lowest BCUT2D eigenvalue weighted by Gasteiger charge is -2.26. The minimum Gasteiger partial charge on any atom is -0.337 e. The summed E-state index contributed by atoms with van der Waals surface area (Å²) in [6, 6.07) is 7.11. The third kappa shape index (κ3) is 2.40. The van der Waals surface area contributed by atoms with Gasteiger partial charge < -0.3 is 4.90 Å². The van der Waals surface area contributed by atoms with E-state index in [9.17, 15) is 4.79 Å². The number of carbonyl (C=O) groups excluding carboxylic acids is 1. The van der Waals surface area contributed by atoms with Gasteiger partial charge in [-0.05, 0) is 60.8 Å². The summed E-state index contributed by atoms with van der Waals surface area (Å²) in [7, 11) is 2.21.